The minimum Gasteiger partial charge on any atom is -0.489 e. The minimum absolute atomic E-state index is 0.0170. The second-order valence-electron chi connectivity index (χ2n) is 4.11. The average molecular weight is 259 g/mol. The molecule has 2 aromatic carbocycles. The molecule has 0 atom stereocenters. The minimum atomic E-state index is -0.437. The van der Waals surface area contributed by atoms with E-state index >= 15 is 0 Å². The van der Waals surface area contributed by atoms with Crippen molar-refractivity contribution in [2.24, 2.45) is 0 Å². The van der Waals surface area contributed by atoms with Gasteiger partial charge >= 0.3 is 0 Å². The topological polar surface area (TPSA) is 33.0 Å². The van der Waals surface area contributed by atoms with Gasteiger partial charge in [0.25, 0.3) is 0 Å². The fraction of sp³-hybridized carbons (Fsp3) is 0.133. The molecule has 0 N–H and O–H groups in total. The van der Waals surface area contributed by atoms with E-state index in [1.165, 1.54) is 24.3 Å². The van der Waals surface area contributed by atoms with Gasteiger partial charge in [0.2, 0.25) is 0 Å². The summed E-state index contributed by atoms with van der Waals surface area (Å²) in [6, 6.07) is 10.3. The van der Waals surface area contributed by atoms with Gasteiger partial charge in [-0.1, -0.05) is 6.07 Å². The second-order valence-corrected chi connectivity index (χ2v) is 4.11. The Morgan fingerprint density at radius 1 is 1.16 bits per heavy atom. The zero-order valence-corrected chi connectivity index (χ0v) is 10.3. The largest absolute Gasteiger partial charge is 0.489 e. The van der Waals surface area contributed by atoms with Crippen LogP contribution in [0.25, 0.3) is 0 Å². The number of halogens is 2. The lowest BCUT2D eigenvalue weighted by atomic mass is 10.1. The number of hydrogen-bond donors (Lipinski definition) is 0. The summed E-state index contributed by atoms with van der Waals surface area (Å²) >= 11 is 0. The molecule has 2 rings (SSSR count). The van der Waals surface area contributed by atoms with Crippen molar-refractivity contribution < 1.29 is 13.5 Å². The summed E-state index contributed by atoms with van der Waals surface area (Å²) in [5, 5.41) is 8.90. The van der Waals surface area contributed by atoms with E-state index in [0.717, 1.165) is 0 Å². The van der Waals surface area contributed by atoms with E-state index in [2.05, 4.69) is 0 Å². The first-order chi connectivity index (χ1) is 9.10. The molecule has 2 nitrogen and oxygen atoms in total. The SMILES string of the molecule is Cc1ccc(OCc2cc(F)ccc2C#N)cc1F. The lowest BCUT2D eigenvalue weighted by Gasteiger charge is -2.08. The summed E-state index contributed by atoms with van der Waals surface area (Å²) in [4.78, 5) is 0. The van der Waals surface area contributed by atoms with Gasteiger partial charge in [-0.25, -0.2) is 8.78 Å². The predicted octanol–water partition coefficient (Wildman–Crippen LogP) is 3.72. The van der Waals surface area contributed by atoms with Crippen LogP contribution in [0, 0.1) is 29.9 Å². The zero-order valence-electron chi connectivity index (χ0n) is 10.3. The molecule has 0 aromatic heterocycles. The Morgan fingerprint density at radius 2 is 1.95 bits per heavy atom. The van der Waals surface area contributed by atoms with E-state index in [1.807, 2.05) is 6.07 Å². The normalized spacial score (nSPS) is 10.0. The maximum atomic E-state index is 13.3. The summed E-state index contributed by atoms with van der Waals surface area (Å²) in [5.74, 6) is -0.457. The fourth-order valence-electron chi connectivity index (χ4n) is 1.62. The lowest BCUT2D eigenvalue weighted by molar-refractivity contribution is 0.303. The number of aryl methyl sites for hydroxylation is 1. The van der Waals surface area contributed by atoms with E-state index in [9.17, 15) is 8.78 Å². The van der Waals surface area contributed by atoms with E-state index in [1.54, 1.807) is 19.1 Å². The number of nitriles is 1. The molecule has 0 aliphatic rings. The summed E-state index contributed by atoms with van der Waals surface area (Å²) in [6.07, 6.45) is 0. The van der Waals surface area contributed by atoms with Crippen LogP contribution in [-0.4, -0.2) is 0 Å². The van der Waals surface area contributed by atoms with Crippen molar-refractivity contribution in [3.05, 3.63) is 64.7 Å². The van der Waals surface area contributed by atoms with Gasteiger partial charge in [-0.3, -0.25) is 0 Å². The molecule has 0 saturated carbocycles. The highest BCUT2D eigenvalue weighted by molar-refractivity contribution is 5.38. The first kappa shape index (κ1) is 13.0. The molecule has 0 unspecified atom stereocenters. The second kappa shape index (κ2) is 5.49. The van der Waals surface area contributed by atoms with Crippen LogP contribution >= 0.6 is 0 Å². The third-order valence-corrected chi connectivity index (χ3v) is 2.73. The van der Waals surface area contributed by atoms with Crippen molar-refractivity contribution >= 4 is 0 Å². The molecule has 0 saturated heterocycles. The maximum Gasteiger partial charge on any atom is 0.129 e. The molecule has 0 aliphatic carbocycles. The number of rotatable bonds is 3. The van der Waals surface area contributed by atoms with Crippen molar-refractivity contribution in [2.45, 2.75) is 13.5 Å². The number of nitrogens with zero attached hydrogens (tertiary/aromatic N) is 1. The van der Waals surface area contributed by atoms with Crippen LogP contribution in [0.1, 0.15) is 16.7 Å². The van der Waals surface area contributed by atoms with Crippen molar-refractivity contribution in [3.63, 3.8) is 0 Å². The van der Waals surface area contributed by atoms with Crippen molar-refractivity contribution in [1.82, 2.24) is 0 Å². The Kier molecular flexibility index (Phi) is 3.76. The van der Waals surface area contributed by atoms with Crippen LogP contribution in [-0.2, 0) is 6.61 Å². The van der Waals surface area contributed by atoms with E-state index in [4.69, 9.17) is 10.00 Å². The molecule has 0 amide bonds. The Balaban J connectivity index is 2.16. The Bertz CT molecular complexity index is 647. The third-order valence-electron chi connectivity index (χ3n) is 2.73. The highest BCUT2D eigenvalue weighted by Gasteiger charge is 2.06. The van der Waals surface area contributed by atoms with Gasteiger partial charge in [0, 0.05) is 11.6 Å². The highest BCUT2D eigenvalue weighted by Crippen LogP contribution is 2.18. The van der Waals surface area contributed by atoms with E-state index in [0.29, 0.717) is 22.4 Å². The molecular weight excluding hydrogens is 248 g/mol. The molecule has 96 valence electrons. The van der Waals surface area contributed by atoms with Crippen molar-refractivity contribution in [3.8, 4) is 11.8 Å². The third kappa shape index (κ3) is 3.08. The van der Waals surface area contributed by atoms with Gasteiger partial charge in [0.15, 0.2) is 0 Å². The van der Waals surface area contributed by atoms with Gasteiger partial charge in [0.05, 0.1) is 11.6 Å². The van der Waals surface area contributed by atoms with E-state index in [-0.39, 0.29) is 12.4 Å². The van der Waals surface area contributed by atoms with Crippen LogP contribution in [0.3, 0.4) is 0 Å². The number of ether oxygens (including phenoxy) is 1. The van der Waals surface area contributed by atoms with Gasteiger partial charge in [-0.2, -0.15) is 5.26 Å². The average Bonchev–Trinajstić information content (AvgIpc) is 2.40. The van der Waals surface area contributed by atoms with Gasteiger partial charge in [0.1, 0.15) is 24.0 Å². The molecule has 4 heteroatoms. The molecule has 0 fully saturated rings. The summed E-state index contributed by atoms with van der Waals surface area (Å²) < 4.78 is 31.8. The smallest absolute Gasteiger partial charge is 0.129 e. The summed E-state index contributed by atoms with van der Waals surface area (Å²) in [7, 11) is 0. The van der Waals surface area contributed by atoms with Crippen molar-refractivity contribution in [2.75, 3.05) is 0 Å². The van der Waals surface area contributed by atoms with Gasteiger partial charge < -0.3 is 4.74 Å². The molecule has 0 heterocycles. The molecule has 2 aromatic rings. The Hall–Kier alpha value is -2.41. The molecule has 0 spiro atoms. The number of hydrogen-bond acceptors (Lipinski definition) is 2. The van der Waals surface area contributed by atoms with Crippen molar-refractivity contribution in [1.29, 1.82) is 5.26 Å². The van der Waals surface area contributed by atoms with E-state index < -0.39 is 5.82 Å². The van der Waals surface area contributed by atoms with Gasteiger partial charge in [-0.15, -0.1) is 0 Å². The van der Waals surface area contributed by atoms with Crippen LogP contribution in [0.2, 0.25) is 0 Å². The number of benzene rings is 2. The van der Waals surface area contributed by atoms with Crippen LogP contribution in [0.4, 0.5) is 8.78 Å². The first-order valence-electron chi connectivity index (χ1n) is 5.67. The van der Waals surface area contributed by atoms with Crippen LogP contribution in [0.15, 0.2) is 36.4 Å². The quantitative estimate of drug-likeness (QED) is 0.841. The zero-order chi connectivity index (χ0) is 13.8. The predicted molar refractivity (Wildman–Crippen MR) is 66.6 cm³/mol. The molecule has 19 heavy (non-hydrogen) atoms. The fourth-order valence-corrected chi connectivity index (χ4v) is 1.62. The summed E-state index contributed by atoms with van der Waals surface area (Å²) in [5.41, 5.74) is 1.30. The monoisotopic (exact) mass is 259 g/mol. The lowest BCUT2D eigenvalue weighted by Crippen LogP contribution is -1.99. The Labute approximate surface area is 109 Å². The molecule has 0 aliphatic heterocycles. The van der Waals surface area contributed by atoms with Gasteiger partial charge in [-0.05, 0) is 36.8 Å². The molecule has 0 bridgehead atoms. The Morgan fingerprint density at radius 3 is 2.63 bits per heavy atom. The summed E-state index contributed by atoms with van der Waals surface area (Å²) in [6.45, 7) is 1.67. The van der Waals surface area contributed by atoms with Crippen LogP contribution < -0.4 is 4.74 Å². The molecule has 0 radical (unpaired) electrons. The maximum absolute atomic E-state index is 13.3. The highest BCUT2D eigenvalue weighted by atomic mass is 19.1. The first-order valence-corrected chi connectivity index (χ1v) is 5.67. The standard InChI is InChI=1S/C15H11F2NO/c1-10-2-5-14(7-15(10)17)19-9-12-6-13(16)4-3-11(12)8-18/h2-7H,9H2,1H3. The van der Waals surface area contributed by atoms with Crippen LogP contribution in [0.5, 0.6) is 5.75 Å². The molecular formula is C15H11F2NO.